The molecule has 1 fully saturated rings. The van der Waals surface area contributed by atoms with Crippen molar-refractivity contribution in [3.05, 3.63) is 24.0 Å². The van der Waals surface area contributed by atoms with Crippen LogP contribution in [0.1, 0.15) is 39.4 Å². The minimum atomic E-state index is -3.23. The molecule has 0 spiro atoms. The maximum atomic E-state index is 11.8. The summed E-state index contributed by atoms with van der Waals surface area (Å²) in [6.45, 7) is 8.98. The van der Waals surface area contributed by atoms with Crippen molar-refractivity contribution in [2.45, 2.75) is 50.5 Å². The number of sulfone groups is 1. The molecule has 1 aromatic heterocycles. The second-order valence-corrected chi connectivity index (χ2v) is 9.79. The maximum Gasteiger partial charge on any atom is 0.175 e. The van der Waals surface area contributed by atoms with Gasteiger partial charge in [0.1, 0.15) is 5.82 Å². The summed E-state index contributed by atoms with van der Waals surface area (Å²) < 4.78 is 31.4. The fourth-order valence-electron chi connectivity index (χ4n) is 3.28. The van der Waals surface area contributed by atoms with E-state index in [0.717, 1.165) is 49.5 Å². The lowest BCUT2D eigenvalue weighted by Gasteiger charge is -2.26. The quantitative estimate of drug-likeness (QED) is 0.853. The van der Waals surface area contributed by atoms with Crippen molar-refractivity contribution in [3.8, 4) is 0 Å². The monoisotopic (exact) mass is 350 g/mol. The molecule has 1 aliphatic heterocycles. The molecule has 6 heteroatoms. The molecule has 0 radical (unpaired) electrons. The van der Waals surface area contributed by atoms with Crippen molar-refractivity contribution >= 4 is 20.9 Å². The molecule has 0 amide bonds. The van der Waals surface area contributed by atoms with Crippen molar-refractivity contribution in [1.29, 1.82) is 0 Å². The molecule has 0 N–H and O–H groups in total. The van der Waals surface area contributed by atoms with Gasteiger partial charge in [0.05, 0.1) is 15.9 Å². The summed E-state index contributed by atoms with van der Waals surface area (Å²) in [4.78, 5) is 5.12. The van der Waals surface area contributed by atoms with Crippen LogP contribution >= 0.6 is 0 Å². The molecule has 0 aliphatic carbocycles. The number of fused-ring (bicyclic) bond motifs is 1. The standard InChI is InChI=1S/C18H26N2O3S/c1-18(2,3)17-19-15-11-14(24(4,21)22)5-6-16(15)20(17)12-13-7-9-23-10-8-13/h5-6,11,13H,7-10,12H2,1-4H3. The fraction of sp³-hybridized carbons (Fsp3) is 0.611. The van der Waals surface area contributed by atoms with Gasteiger partial charge in [0.25, 0.3) is 0 Å². The van der Waals surface area contributed by atoms with Crippen LogP contribution in [0.2, 0.25) is 0 Å². The lowest BCUT2D eigenvalue weighted by Crippen LogP contribution is -2.25. The second-order valence-electron chi connectivity index (χ2n) is 7.77. The predicted molar refractivity (Wildman–Crippen MR) is 95.1 cm³/mol. The van der Waals surface area contributed by atoms with Crippen LogP contribution in [0.25, 0.3) is 11.0 Å². The van der Waals surface area contributed by atoms with Gasteiger partial charge in [-0.15, -0.1) is 0 Å². The Kier molecular flexibility index (Phi) is 4.47. The smallest absolute Gasteiger partial charge is 0.175 e. The molecule has 2 aromatic rings. The normalized spacial score (nSPS) is 17.5. The highest BCUT2D eigenvalue weighted by Gasteiger charge is 2.25. The minimum absolute atomic E-state index is 0.102. The van der Waals surface area contributed by atoms with Crippen LogP contribution in [0.15, 0.2) is 23.1 Å². The summed E-state index contributed by atoms with van der Waals surface area (Å²) in [6.07, 6.45) is 3.35. The number of rotatable bonds is 3. The van der Waals surface area contributed by atoms with E-state index in [1.165, 1.54) is 6.26 Å². The average molecular weight is 350 g/mol. The molecule has 24 heavy (non-hydrogen) atoms. The molecule has 1 saturated heterocycles. The first-order chi connectivity index (χ1) is 11.2. The summed E-state index contributed by atoms with van der Waals surface area (Å²) in [5, 5.41) is 0. The Bertz CT molecular complexity index is 841. The van der Waals surface area contributed by atoms with E-state index in [0.29, 0.717) is 10.8 Å². The number of benzene rings is 1. The van der Waals surface area contributed by atoms with Crippen LogP contribution in [0, 0.1) is 5.92 Å². The number of aromatic nitrogens is 2. The molecular weight excluding hydrogens is 324 g/mol. The molecule has 0 saturated carbocycles. The first kappa shape index (κ1) is 17.4. The summed E-state index contributed by atoms with van der Waals surface area (Å²) in [6, 6.07) is 5.28. The van der Waals surface area contributed by atoms with E-state index in [-0.39, 0.29) is 5.41 Å². The van der Waals surface area contributed by atoms with Gasteiger partial charge in [0, 0.05) is 31.4 Å². The van der Waals surface area contributed by atoms with Crippen molar-refractivity contribution in [2.24, 2.45) is 5.92 Å². The number of ether oxygens (including phenoxy) is 1. The van der Waals surface area contributed by atoms with E-state index >= 15 is 0 Å². The molecule has 5 nitrogen and oxygen atoms in total. The Morgan fingerprint density at radius 1 is 1.25 bits per heavy atom. The third-order valence-electron chi connectivity index (χ3n) is 4.60. The van der Waals surface area contributed by atoms with Gasteiger partial charge in [-0.2, -0.15) is 0 Å². The summed E-state index contributed by atoms with van der Waals surface area (Å²) in [5.41, 5.74) is 1.67. The van der Waals surface area contributed by atoms with Crippen molar-refractivity contribution in [1.82, 2.24) is 9.55 Å². The van der Waals surface area contributed by atoms with Gasteiger partial charge in [-0.25, -0.2) is 13.4 Å². The van der Waals surface area contributed by atoms with Crippen LogP contribution in [-0.4, -0.2) is 37.4 Å². The third-order valence-corrected chi connectivity index (χ3v) is 5.71. The number of hydrogen-bond donors (Lipinski definition) is 0. The SMILES string of the molecule is CC(C)(C)c1nc2cc(S(C)(=O)=O)ccc2n1CC1CCOCC1. The van der Waals surface area contributed by atoms with E-state index in [1.807, 2.05) is 6.07 Å². The van der Waals surface area contributed by atoms with Gasteiger partial charge in [0.2, 0.25) is 0 Å². The fourth-order valence-corrected chi connectivity index (χ4v) is 3.93. The zero-order valence-electron chi connectivity index (χ0n) is 14.9. The Labute approximate surface area is 143 Å². The zero-order chi connectivity index (χ0) is 17.5. The molecule has 3 rings (SSSR count). The van der Waals surface area contributed by atoms with Crippen molar-refractivity contribution in [3.63, 3.8) is 0 Å². The Morgan fingerprint density at radius 2 is 1.92 bits per heavy atom. The van der Waals surface area contributed by atoms with E-state index < -0.39 is 9.84 Å². The van der Waals surface area contributed by atoms with E-state index in [9.17, 15) is 8.42 Å². The van der Waals surface area contributed by atoms with E-state index in [2.05, 4.69) is 25.3 Å². The van der Waals surface area contributed by atoms with Crippen molar-refractivity contribution in [2.75, 3.05) is 19.5 Å². The third kappa shape index (κ3) is 3.49. The highest BCUT2D eigenvalue weighted by molar-refractivity contribution is 7.90. The maximum absolute atomic E-state index is 11.8. The Balaban J connectivity index is 2.10. The van der Waals surface area contributed by atoms with Gasteiger partial charge < -0.3 is 9.30 Å². The molecule has 0 bridgehead atoms. The largest absolute Gasteiger partial charge is 0.381 e. The molecule has 0 unspecified atom stereocenters. The van der Waals surface area contributed by atoms with Gasteiger partial charge in [-0.05, 0) is 37.0 Å². The van der Waals surface area contributed by atoms with Gasteiger partial charge in [-0.1, -0.05) is 20.8 Å². The molecule has 2 heterocycles. The van der Waals surface area contributed by atoms with Crippen LogP contribution in [-0.2, 0) is 26.5 Å². The highest BCUT2D eigenvalue weighted by Crippen LogP contribution is 2.30. The highest BCUT2D eigenvalue weighted by atomic mass is 32.2. The summed E-state index contributed by atoms with van der Waals surface area (Å²) in [5.74, 6) is 1.58. The molecule has 0 atom stereocenters. The zero-order valence-corrected chi connectivity index (χ0v) is 15.7. The predicted octanol–water partition coefficient (Wildman–Crippen LogP) is 3.16. The van der Waals surface area contributed by atoms with Gasteiger partial charge in [-0.3, -0.25) is 0 Å². The number of imidazole rings is 1. The molecule has 132 valence electrons. The lowest BCUT2D eigenvalue weighted by atomic mass is 9.94. The second kappa shape index (κ2) is 6.15. The Hall–Kier alpha value is -1.40. The Morgan fingerprint density at radius 3 is 2.50 bits per heavy atom. The van der Waals surface area contributed by atoms with Crippen LogP contribution < -0.4 is 0 Å². The number of nitrogens with zero attached hydrogens (tertiary/aromatic N) is 2. The van der Waals surface area contributed by atoms with Crippen LogP contribution in [0.3, 0.4) is 0 Å². The summed E-state index contributed by atoms with van der Waals surface area (Å²) in [7, 11) is -3.23. The first-order valence-electron chi connectivity index (χ1n) is 8.45. The topological polar surface area (TPSA) is 61.2 Å². The van der Waals surface area contributed by atoms with Gasteiger partial charge >= 0.3 is 0 Å². The lowest BCUT2D eigenvalue weighted by molar-refractivity contribution is 0.0611. The van der Waals surface area contributed by atoms with E-state index in [1.54, 1.807) is 12.1 Å². The molecule has 1 aliphatic rings. The van der Waals surface area contributed by atoms with Crippen LogP contribution in [0.4, 0.5) is 0 Å². The first-order valence-corrected chi connectivity index (χ1v) is 10.3. The van der Waals surface area contributed by atoms with Gasteiger partial charge in [0.15, 0.2) is 9.84 Å². The average Bonchev–Trinajstić information content (AvgIpc) is 2.86. The number of hydrogen-bond acceptors (Lipinski definition) is 4. The molecule has 1 aromatic carbocycles. The van der Waals surface area contributed by atoms with E-state index in [4.69, 9.17) is 9.72 Å². The summed E-state index contributed by atoms with van der Waals surface area (Å²) >= 11 is 0. The van der Waals surface area contributed by atoms with Crippen LogP contribution in [0.5, 0.6) is 0 Å². The van der Waals surface area contributed by atoms with Crippen molar-refractivity contribution < 1.29 is 13.2 Å². The molecular formula is C18H26N2O3S. The minimum Gasteiger partial charge on any atom is -0.381 e.